The number of benzene rings is 1. The molecule has 0 radical (unpaired) electrons. The molecule has 170 valence electrons. The number of thiophene rings is 1. The zero-order valence-electron chi connectivity index (χ0n) is 18.5. The summed E-state index contributed by atoms with van der Waals surface area (Å²) in [6.07, 6.45) is 4.21. The molecule has 1 aromatic heterocycles. The molecule has 1 saturated carbocycles. The summed E-state index contributed by atoms with van der Waals surface area (Å²) in [4.78, 5) is 32.5. The molecule has 6 nitrogen and oxygen atoms in total. The predicted octanol–water partition coefficient (Wildman–Crippen LogP) is 4.20. The Labute approximate surface area is 198 Å². The van der Waals surface area contributed by atoms with Crippen molar-refractivity contribution in [2.45, 2.75) is 43.2 Å². The Morgan fingerprint density at radius 1 is 1.22 bits per heavy atom. The molecule has 2 atom stereocenters. The van der Waals surface area contributed by atoms with Gasteiger partial charge in [0, 0.05) is 24.2 Å². The van der Waals surface area contributed by atoms with Gasteiger partial charge in [0.2, 0.25) is 0 Å². The van der Waals surface area contributed by atoms with Crippen molar-refractivity contribution in [2.24, 2.45) is 0 Å². The number of amides is 3. The largest absolute Gasteiger partial charge is 0.346 e. The summed E-state index contributed by atoms with van der Waals surface area (Å²) < 4.78 is 0.602. The number of piperidine rings is 1. The fourth-order valence-corrected chi connectivity index (χ4v) is 6.24. The smallest absolute Gasteiger partial charge is 0.324 e. The Morgan fingerprint density at radius 2 is 1.97 bits per heavy atom. The van der Waals surface area contributed by atoms with Gasteiger partial charge in [0.25, 0.3) is 5.91 Å². The van der Waals surface area contributed by atoms with Gasteiger partial charge in [-0.2, -0.15) is 0 Å². The van der Waals surface area contributed by atoms with Crippen molar-refractivity contribution in [3.63, 3.8) is 0 Å². The minimum Gasteiger partial charge on any atom is -0.346 e. The van der Waals surface area contributed by atoms with Gasteiger partial charge in [-0.25, -0.2) is 4.79 Å². The number of hydrogen-bond acceptors (Lipinski definition) is 4. The number of anilines is 1. The molecule has 0 unspecified atom stereocenters. The highest BCUT2D eigenvalue weighted by Gasteiger charge is 2.46. The molecule has 3 amide bonds. The number of hydrogen-bond donors (Lipinski definition) is 1. The lowest BCUT2D eigenvalue weighted by Crippen LogP contribution is -2.54. The van der Waals surface area contributed by atoms with Gasteiger partial charge in [-0.15, -0.1) is 11.3 Å². The highest BCUT2D eigenvalue weighted by Crippen LogP contribution is 2.48. The first kappa shape index (κ1) is 21.7. The second-order valence-electron chi connectivity index (χ2n) is 9.54. The molecule has 0 bridgehead atoms. The second kappa shape index (κ2) is 8.36. The number of carbonyl (C=O) groups excluding carboxylic acids is 2. The van der Waals surface area contributed by atoms with Crippen molar-refractivity contribution < 1.29 is 9.59 Å². The van der Waals surface area contributed by atoms with E-state index in [1.807, 2.05) is 9.80 Å². The molecule has 1 N–H and O–H groups in total. The zero-order valence-corrected chi connectivity index (χ0v) is 20.1. The van der Waals surface area contributed by atoms with Crippen LogP contribution in [-0.2, 0) is 5.41 Å². The maximum absolute atomic E-state index is 13.2. The molecular weight excluding hydrogens is 444 g/mol. The Kier molecular flexibility index (Phi) is 5.68. The maximum atomic E-state index is 13.2. The normalized spacial score (nSPS) is 24.1. The highest BCUT2D eigenvalue weighted by atomic mass is 35.5. The minimum absolute atomic E-state index is 0.0150. The number of nitrogens with zero attached hydrogens (tertiary/aromatic N) is 3. The first-order valence-corrected chi connectivity index (χ1v) is 12.5. The monoisotopic (exact) mass is 472 g/mol. The van der Waals surface area contributed by atoms with Gasteiger partial charge in [-0.05, 0) is 69.6 Å². The van der Waals surface area contributed by atoms with E-state index in [1.165, 1.54) is 29.7 Å². The van der Waals surface area contributed by atoms with E-state index in [2.05, 4.69) is 48.6 Å². The molecule has 3 fully saturated rings. The van der Waals surface area contributed by atoms with Crippen LogP contribution in [-0.4, -0.2) is 67.6 Å². The standard InChI is InChI=1S/C24H29ClN4O2S/c1-27(2)15-24(11-12-24)16-5-7-17(8-6-16)29-14-19-18(4-3-13-28(19)23(29)31)26-22(30)20-9-10-21(25)32-20/h5-10,18-19H,3-4,11-15H2,1-2H3,(H,26,30)/t18-,19-/m1/s1. The van der Waals surface area contributed by atoms with Crippen molar-refractivity contribution in [1.82, 2.24) is 15.1 Å². The quantitative estimate of drug-likeness (QED) is 0.685. The molecular formula is C24H29ClN4O2S. The zero-order chi connectivity index (χ0) is 22.5. The third-order valence-corrected chi connectivity index (χ3v) is 8.23. The summed E-state index contributed by atoms with van der Waals surface area (Å²) in [7, 11) is 4.24. The van der Waals surface area contributed by atoms with Crippen molar-refractivity contribution in [1.29, 1.82) is 0 Å². The van der Waals surface area contributed by atoms with E-state index in [-0.39, 0.29) is 29.4 Å². The molecule has 0 spiro atoms. The fourth-order valence-electron chi connectivity index (χ4n) is 5.29. The van der Waals surface area contributed by atoms with Gasteiger partial charge in [0.05, 0.1) is 27.8 Å². The lowest BCUT2D eigenvalue weighted by molar-refractivity contribution is 0.0891. The predicted molar refractivity (Wildman–Crippen MR) is 129 cm³/mol. The van der Waals surface area contributed by atoms with Crippen LogP contribution in [0.1, 0.15) is 40.9 Å². The van der Waals surface area contributed by atoms with Crippen LogP contribution >= 0.6 is 22.9 Å². The summed E-state index contributed by atoms with van der Waals surface area (Å²) in [6, 6.07) is 12.0. The first-order chi connectivity index (χ1) is 15.4. The van der Waals surface area contributed by atoms with Crippen LogP contribution < -0.4 is 10.2 Å². The van der Waals surface area contributed by atoms with Crippen LogP contribution in [0, 0.1) is 0 Å². The molecule has 32 heavy (non-hydrogen) atoms. The average Bonchev–Trinajstić information content (AvgIpc) is 3.26. The van der Waals surface area contributed by atoms with Crippen LogP contribution in [0.2, 0.25) is 4.34 Å². The van der Waals surface area contributed by atoms with Gasteiger partial charge < -0.3 is 15.1 Å². The number of likely N-dealkylation sites (N-methyl/N-ethyl adjacent to an activating group) is 1. The van der Waals surface area contributed by atoms with Gasteiger partial charge in [0.15, 0.2) is 0 Å². The van der Waals surface area contributed by atoms with E-state index in [9.17, 15) is 9.59 Å². The topological polar surface area (TPSA) is 55.9 Å². The van der Waals surface area contributed by atoms with Crippen LogP contribution in [0.4, 0.5) is 10.5 Å². The first-order valence-electron chi connectivity index (χ1n) is 11.3. The number of urea groups is 1. The fraction of sp³-hybridized carbons (Fsp3) is 0.500. The van der Waals surface area contributed by atoms with Crippen molar-refractivity contribution >= 4 is 40.6 Å². The lowest BCUT2D eigenvalue weighted by Gasteiger charge is -2.35. The van der Waals surface area contributed by atoms with E-state index >= 15 is 0 Å². The summed E-state index contributed by atoms with van der Waals surface area (Å²) in [5.41, 5.74) is 2.57. The average molecular weight is 473 g/mol. The van der Waals surface area contributed by atoms with Crippen molar-refractivity contribution in [3.05, 3.63) is 51.2 Å². The third-order valence-electron chi connectivity index (χ3n) is 7.00. The van der Waals surface area contributed by atoms with Crippen LogP contribution in [0.25, 0.3) is 0 Å². The summed E-state index contributed by atoms with van der Waals surface area (Å²) in [5.74, 6) is -0.111. The molecule has 2 aromatic rings. The molecule has 5 rings (SSSR count). The van der Waals surface area contributed by atoms with Gasteiger partial charge >= 0.3 is 6.03 Å². The Balaban J connectivity index is 1.30. The Morgan fingerprint density at radius 3 is 2.59 bits per heavy atom. The summed E-state index contributed by atoms with van der Waals surface area (Å²) >= 11 is 7.27. The maximum Gasteiger partial charge on any atom is 0.324 e. The molecule has 2 saturated heterocycles. The molecule has 1 aliphatic carbocycles. The Hall–Kier alpha value is -2.09. The van der Waals surface area contributed by atoms with Crippen molar-refractivity contribution in [3.8, 4) is 0 Å². The van der Waals surface area contributed by atoms with E-state index in [0.717, 1.165) is 31.6 Å². The number of rotatable bonds is 6. The molecule has 2 aliphatic heterocycles. The Bertz CT molecular complexity index is 1020. The van der Waals surface area contributed by atoms with Crippen LogP contribution in [0.15, 0.2) is 36.4 Å². The lowest BCUT2D eigenvalue weighted by atomic mass is 9.95. The molecule has 1 aromatic carbocycles. The van der Waals surface area contributed by atoms with E-state index in [4.69, 9.17) is 11.6 Å². The summed E-state index contributed by atoms with van der Waals surface area (Å²) in [6.45, 7) is 2.39. The molecule has 3 heterocycles. The van der Waals surface area contributed by atoms with E-state index in [0.29, 0.717) is 15.8 Å². The molecule has 8 heteroatoms. The number of fused-ring (bicyclic) bond motifs is 1. The minimum atomic E-state index is -0.111. The number of nitrogens with one attached hydrogen (secondary N) is 1. The van der Waals surface area contributed by atoms with Crippen molar-refractivity contribution in [2.75, 3.05) is 38.6 Å². The SMILES string of the molecule is CN(C)CC1(c2ccc(N3C[C@@H]4[C@H](NC(=O)c5ccc(Cl)s5)CCCN4C3=O)cc2)CC1. The van der Waals surface area contributed by atoms with Gasteiger partial charge in [-0.1, -0.05) is 23.7 Å². The van der Waals surface area contributed by atoms with E-state index < -0.39 is 0 Å². The molecule has 3 aliphatic rings. The van der Waals surface area contributed by atoms with E-state index in [1.54, 1.807) is 12.1 Å². The van der Waals surface area contributed by atoms with Crippen LogP contribution in [0.5, 0.6) is 0 Å². The summed E-state index contributed by atoms with van der Waals surface area (Å²) in [5, 5.41) is 3.16. The van der Waals surface area contributed by atoms with Crippen LogP contribution in [0.3, 0.4) is 0 Å². The van der Waals surface area contributed by atoms with Gasteiger partial charge in [0.1, 0.15) is 0 Å². The second-order valence-corrected chi connectivity index (χ2v) is 11.3. The number of halogens is 1. The highest BCUT2D eigenvalue weighted by molar-refractivity contribution is 7.18. The van der Waals surface area contributed by atoms with Gasteiger partial charge in [-0.3, -0.25) is 9.69 Å². The third kappa shape index (κ3) is 4.02. The number of carbonyl (C=O) groups is 2.